The molecule has 1 atom stereocenters. The van der Waals surface area contributed by atoms with E-state index in [2.05, 4.69) is 21.7 Å². The molecule has 1 aliphatic heterocycles. The minimum absolute atomic E-state index is 0.0679. The Hall–Kier alpha value is -3.81. The number of aromatic nitrogens is 1. The topological polar surface area (TPSA) is 104 Å². The fourth-order valence-corrected chi connectivity index (χ4v) is 5.52. The van der Waals surface area contributed by atoms with Gasteiger partial charge in [0, 0.05) is 42.5 Å². The van der Waals surface area contributed by atoms with Crippen LogP contribution in [0.25, 0.3) is 10.9 Å². The SMILES string of the molecule is COc1ccc(C(CNC(=O)CCN2C(=O)NC3(CCCCC3)C2=O)c2c[nH]c3ccccc23)cc1. The highest BCUT2D eigenvalue weighted by molar-refractivity contribution is 6.07. The van der Waals surface area contributed by atoms with Crippen molar-refractivity contribution in [2.75, 3.05) is 20.2 Å². The number of amides is 4. The third-order valence-corrected chi connectivity index (χ3v) is 7.53. The molecule has 2 aromatic carbocycles. The smallest absolute Gasteiger partial charge is 0.325 e. The zero-order valence-corrected chi connectivity index (χ0v) is 20.5. The van der Waals surface area contributed by atoms with Gasteiger partial charge in [0.2, 0.25) is 5.91 Å². The number of methoxy groups -OCH3 is 1. The quantitative estimate of drug-likeness (QED) is 0.416. The normalized spacial score (nSPS) is 17.9. The summed E-state index contributed by atoms with van der Waals surface area (Å²) in [6.07, 6.45) is 6.35. The van der Waals surface area contributed by atoms with Crippen molar-refractivity contribution in [1.29, 1.82) is 0 Å². The van der Waals surface area contributed by atoms with Crippen LogP contribution in [0.15, 0.2) is 54.7 Å². The highest BCUT2D eigenvalue weighted by Gasteiger charge is 2.51. The van der Waals surface area contributed by atoms with E-state index in [9.17, 15) is 14.4 Å². The van der Waals surface area contributed by atoms with E-state index in [1.165, 1.54) is 4.90 Å². The molecule has 3 aromatic rings. The van der Waals surface area contributed by atoms with Crippen LogP contribution in [0.1, 0.15) is 55.6 Å². The summed E-state index contributed by atoms with van der Waals surface area (Å²) in [6.45, 7) is 0.468. The monoisotopic (exact) mass is 488 g/mol. The molecule has 1 spiro atoms. The average molecular weight is 489 g/mol. The number of nitrogens with one attached hydrogen (secondary N) is 3. The molecule has 1 aromatic heterocycles. The summed E-state index contributed by atoms with van der Waals surface area (Å²) in [6, 6.07) is 15.5. The lowest BCUT2D eigenvalue weighted by Crippen LogP contribution is -2.48. The maximum atomic E-state index is 13.0. The van der Waals surface area contributed by atoms with Crippen molar-refractivity contribution in [2.24, 2.45) is 0 Å². The van der Waals surface area contributed by atoms with Gasteiger partial charge in [0.15, 0.2) is 0 Å². The van der Waals surface area contributed by atoms with Gasteiger partial charge in [-0.05, 0) is 42.2 Å². The van der Waals surface area contributed by atoms with Gasteiger partial charge in [-0.3, -0.25) is 14.5 Å². The van der Waals surface area contributed by atoms with Crippen molar-refractivity contribution in [3.63, 3.8) is 0 Å². The Kier molecular flexibility index (Phi) is 6.67. The number of benzene rings is 2. The van der Waals surface area contributed by atoms with Crippen LogP contribution in [0.4, 0.5) is 4.79 Å². The molecule has 8 heteroatoms. The Morgan fingerprint density at radius 3 is 2.58 bits per heavy atom. The molecule has 8 nitrogen and oxygen atoms in total. The van der Waals surface area contributed by atoms with E-state index < -0.39 is 5.54 Å². The van der Waals surface area contributed by atoms with Crippen molar-refractivity contribution in [3.05, 3.63) is 65.9 Å². The van der Waals surface area contributed by atoms with Crippen molar-refractivity contribution in [2.45, 2.75) is 50.0 Å². The van der Waals surface area contributed by atoms with Gasteiger partial charge in [0.25, 0.3) is 5.91 Å². The molecular formula is C28H32N4O4. The van der Waals surface area contributed by atoms with Crippen molar-refractivity contribution in [1.82, 2.24) is 20.5 Å². The van der Waals surface area contributed by atoms with E-state index >= 15 is 0 Å². The Morgan fingerprint density at radius 2 is 1.83 bits per heavy atom. The number of H-pyrrole nitrogens is 1. The number of aromatic amines is 1. The maximum absolute atomic E-state index is 13.0. The van der Waals surface area contributed by atoms with Crippen LogP contribution >= 0.6 is 0 Å². The second-order valence-electron chi connectivity index (χ2n) is 9.70. The number of ether oxygens (including phenoxy) is 1. The molecule has 188 valence electrons. The molecule has 2 heterocycles. The largest absolute Gasteiger partial charge is 0.497 e. The number of nitrogens with zero attached hydrogens (tertiary/aromatic N) is 1. The van der Waals surface area contributed by atoms with Crippen LogP contribution in [0.2, 0.25) is 0 Å². The number of hydrogen-bond acceptors (Lipinski definition) is 4. The minimum atomic E-state index is -0.763. The predicted octanol–water partition coefficient (Wildman–Crippen LogP) is 4.07. The summed E-state index contributed by atoms with van der Waals surface area (Å²) in [5, 5.41) is 7.04. The first-order chi connectivity index (χ1) is 17.5. The van der Waals surface area contributed by atoms with E-state index in [-0.39, 0.29) is 36.7 Å². The Labute approximate surface area is 210 Å². The first-order valence-corrected chi connectivity index (χ1v) is 12.6. The van der Waals surface area contributed by atoms with E-state index in [0.29, 0.717) is 19.4 Å². The van der Waals surface area contributed by atoms with Crippen LogP contribution < -0.4 is 15.4 Å². The summed E-state index contributed by atoms with van der Waals surface area (Å²) in [5.74, 6) is 0.302. The molecule has 2 aliphatic rings. The molecule has 36 heavy (non-hydrogen) atoms. The highest BCUT2D eigenvalue weighted by Crippen LogP contribution is 2.34. The van der Waals surface area contributed by atoms with Crippen molar-refractivity contribution in [3.8, 4) is 5.75 Å². The second-order valence-corrected chi connectivity index (χ2v) is 9.70. The summed E-state index contributed by atoms with van der Waals surface area (Å²) in [5.41, 5.74) is 2.41. The molecular weight excluding hydrogens is 456 g/mol. The van der Waals surface area contributed by atoms with Gasteiger partial charge < -0.3 is 20.4 Å². The van der Waals surface area contributed by atoms with Gasteiger partial charge in [-0.2, -0.15) is 0 Å². The van der Waals surface area contributed by atoms with Gasteiger partial charge in [0.1, 0.15) is 11.3 Å². The first-order valence-electron chi connectivity index (χ1n) is 12.6. The lowest BCUT2D eigenvalue weighted by molar-refractivity contribution is -0.132. The fourth-order valence-electron chi connectivity index (χ4n) is 5.52. The summed E-state index contributed by atoms with van der Waals surface area (Å²) in [4.78, 5) is 42.9. The maximum Gasteiger partial charge on any atom is 0.325 e. The number of hydrogen-bond donors (Lipinski definition) is 3. The standard InChI is InChI=1S/C28H32N4O4/c1-36-20-11-9-19(10-12-20)22(23-18-29-24-8-4-3-7-21(23)24)17-30-25(33)13-16-32-26(34)28(31-27(32)35)14-5-2-6-15-28/h3-4,7-12,18,22,29H,2,5-6,13-17H2,1H3,(H,30,33)(H,31,35). The molecule has 5 rings (SSSR count). The Morgan fingerprint density at radius 1 is 1.08 bits per heavy atom. The van der Waals surface area contributed by atoms with Gasteiger partial charge in [-0.1, -0.05) is 49.6 Å². The molecule has 1 unspecified atom stereocenters. The van der Waals surface area contributed by atoms with Crippen LogP contribution in [-0.4, -0.2) is 53.5 Å². The van der Waals surface area contributed by atoms with Crippen molar-refractivity contribution >= 4 is 28.7 Å². The van der Waals surface area contributed by atoms with Gasteiger partial charge in [-0.15, -0.1) is 0 Å². The predicted molar refractivity (Wildman–Crippen MR) is 137 cm³/mol. The molecule has 0 bridgehead atoms. The van der Waals surface area contributed by atoms with Crippen molar-refractivity contribution < 1.29 is 19.1 Å². The Bertz CT molecular complexity index is 1260. The summed E-state index contributed by atoms with van der Waals surface area (Å²) >= 11 is 0. The highest BCUT2D eigenvalue weighted by atomic mass is 16.5. The zero-order valence-electron chi connectivity index (χ0n) is 20.5. The van der Waals surface area contributed by atoms with Gasteiger partial charge in [0.05, 0.1) is 7.11 Å². The Balaban J connectivity index is 1.27. The molecule has 0 radical (unpaired) electrons. The number of fused-ring (bicyclic) bond motifs is 1. The number of carbonyl (C=O) groups excluding carboxylic acids is 3. The molecule has 1 saturated carbocycles. The number of carbonyl (C=O) groups is 3. The minimum Gasteiger partial charge on any atom is -0.497 e. The lowest BCUT2D eigenvalue weighted by atomic mass is 9.82. The lowest BCUT2D eigenvalue weighted by Gasteiger charge is -2.30. The number of para-hydroxylation sites is 1. The third-order valence-electron chi connectivity index (χ3n) is 7.53. The molecule has 2 fully saturated rings. The number of urea groups is 1. The van der Waals surface area contributed by atoms with E-state index in [1.807, 2.05) is 48.7 Å². The van der Waals surface area contributed by atoms with Gasteiger partial charge >= 0.3 is 6.03 Å². The molecule has 1 aliphatic carbocycles. The molecule has 4 amide bonds. The van der Waals surface area contributed by atoms with E-state index in [0.717, 1.165) is 47.0 Å². The average Bonchev–Trinajstić information content (AvgIpc) is 3.42. The summed E-state index contributed by atoms with van der Waals surface area (Å²) < 4.78 is 5.31. The number of rotatable bonds is 8. The third kappa shape index (κ3) is 4.55. The second kappa shape index (κ2) is 10.0. The molecule has 1 saturated heterocycles. The first kappa shape index (κ1) is 23.9. The van der Waals surface area contributed by atoms with E-state index in [4.69, 9.17) is 4.74 Å². The van der Waals surface area contributed by atoms with Crippen LogP contribution in [0, 0.1) is 0 Å². The van der Waals surface area contributed by atoms with Crippen LogP contribution in [0.5, 0.6) is 5.75 Å². The van der Waals surface area contributed by atoms with Gasteiger partial charge in [-0.25, -0.2) is 4.79 Å². The number of imide groups is 1. The van der Waals surface area contributed by atoms with Crippen LogP contribution in [-0.2, 0) is 9.59 Å². The summed E-state index contributed by atoms with van der Waals surface area (Å²) in [7, 11) is 1.63. The van der Waals surface area contributed by atoms with E-state index in [1.54, 1.807) is 7.11 Å². The fraction of sp³-hybridized carbons (Fsp3) is 0.393. The molecule has 3 N–H and O–H groups in total. The zero-order chi connectivity index (χ0) is 25.1. The van der Waals surface area contributed by atoms with Crippen LogP contribution in [0.3, 0.4) is 0 Å².